The molecular formula is C50H33N7. The largest absolute Gasteiger partial charge is 0.310 e. The van der Waals surface area contributed by atoms with Crippen LogP contribution < -0.4 is 4.90 Å². The summed E-state index contributed by atoms with van der Waals surface area (Å²) in [5, 5.41) is 23.8. The molecule has 0 unspecified atom stereocenters. The van der Waals surface area contributed by atoms with Crippen LogP contribution in [0.4, 0.5) is 17.1 Å². The van der Waals surface area contributed by atoms with Crippen molar-refractivity contribution in [1.82, 2.24) is 19.5 Å². The van der Waals surface area contributed by atoms with Gasteiger partial charge in [0.1, 0.15) is 6.07 Å². The molecule has 9 aromatic rings. The van der Waals surface area contributed by atoms with Gasteiger partial charge in [-0.2, -0.15) is 10.5 Å². The Morgan fingerprint density at radius 3 is 1.72 bits per heavy atom. The molecule has 0 amide bonds. The van der Waals surface area contributed by atoms with Gasteiger partial charge >= 0.3 is 0 Å². The number of anilines is 3. The van der Waals surface area contributed by atoms with Crippen LogP contribution in [0.5, 0.6) is 0 Å². The number of para-hydroxylation sites is 3. The Kier molecular flexibility index (Phi) is 7.78. The van der Waals surface area contributed by atoms with Crippen LogP contribution in [0.2, 0.25) is 0 Å². The number of benzene rings is 7. The average molecular weight is 732 g/mol. The van der Waals surface area contributed by atoms with Gasteiger partial charge < -0.3 is 9.47 Å². The highest BCUT2D eigenvalue weighted by Crippen LogP contribution is 2.53. The number of nitrogens with zero attached hydrogens (tertiary/aromatic N) is 7. The first-order valence-corrected chi connectivity index (χ1v) is 18.8. The van der Waals surface area contributed by atoms with Crippen molar-refractivity contribution in [1.29, 1.82) is 10.5 Å². The van der Waals surface area contributed by atoms with Gasteiger partial charge in [0.05, 0.1) is 45.3 Å². The summed E-state index contributed by atoms with van der Waals surface area (Å²) in [5.74, 6) is 1.28. The first-order chi connectivity index (χ1) is 27.9. The second-order valence-corrected chi connectivity index (χ2v) is 14.7. The van der Waals surface area contributed by atoms with Crippen molar-refractivity contribution in [2.75, 3.05) is 4.90 Å². The normalized spacial score (nSPS) is 12.8. The zero-order chi connectivity index (χ0) is 38.7. The lowest BCUT2D eigenvalue weighted by atomic mass is 9.73. The Bertz CT molecular complexity index is 3060. The minimum atomic E-state index is -0.349. The fourth-order valence-electron chi connectivity index (χ4n) is 8.35. The third-order valence-corrected chi connectivity index (χ3v) is 11.1. The van der Waals surface area contributed by atoms with Crippen LogP contribution in [0, 0.1) is 22.7 Å². The first kappa shape index (κ1) is 33.7. The van der Waals surface area contributed by atoms with E-state index in [9.17, 15) is 10.5 Å². The van der Waals surface area contributed by atoms with E-state index in [2.05, 4.69) is 108 Å². The lowest BCUT2D eigenvalue weighted by Gasteiger charge is -2.42. The Morgan fingerprint density at radius 2 is 1.05 bits per heavy atom. The molecule has 1 aliphatic rings. The van der Waals surface area contributed by atoms with Gasteiger partial charge in [0.15, 0.2) is 17.5 Å². The second kappa shape index (κ2) is 13.2. The molecule has 7 aromatic carbocycles. The second-order valence-electron chi connectivity index (χ2n) is 14.7. The quantitative estimate of drug-likeness (QED) is 0.175. The summed E-state index contributed by atoms with van der Waals surface area (Å²) in [6.45, 7) is 4.55. The van der Waals surface area contributed by atoms with Gasteiger partial charge in [-0.25, -0.2) is 15.0 Å². The number of hydrogen-bond donors (Lipinski definition) is 0. The molecule has 10 rings (SSSR count). The predicted octanol–water partition coefficient (Wildman–Crippen LogP) is 11.8. The van der Waals surface area contributed by atoms with Crippen molar-refractivity contribution < 1.29 is 0 Å². The fourth-order valence-corrected chi connectivity index (χ4v) is 8.35. The summed E-state index contributed by atoms with van der Waals surface area (Å²) in [6, 6.07) is 59.8. The van der Waals surface area contributed by atoms with E-state index in [1.54, 1.807) is 6.07 Å². The monoisotopic (exact) mass is 731 g/mol. The van der Waals surface area contributed by atoms with Crippen molar-refractivity contribution in [2.24, 2.45) is 0 Å². The fraction of sp³-hybridized carbons (Fsp3) is 0.0600. The van der Waals surface area contributed by atoms with Gasteiger partial charge in [-0.15, -0.1) is 0 Å². The molecule has 7 nitrogen and oxygen atoms in total. The topological polar surface area (TPSA) is 94.4 Å². The van der Waals surface area contributed by atoms with E-state index in [4.69, 9.17) is 15.0 Å². The molecule has 0 radical (unpaired) electrons. The van der Waals surface area contributed by atoms with E-state index in [1.165, 1.54) is 5.56 Å². The molecule has 0 fully saturated rings. The maximum atomic E-state index is 10.9. The van der Waals surface area contributed by atoms with Crippen LogP contribution in [0.15, 0.2) is 164 Å². The predicted molar refractivity (Wildman–Crippen MR) is 227 cm³/mol. The molecule has 3 heterocycles. The van der Waals surface area contributed by atoms with Gasteiger partial charge in [-0.1, -0.05) is 129 Å². The molecule has 0 saturated carbocycles. The van der Waals surface area contributed by atoms with E-state index in [-0.39, 0.29) is 5.41 Å². The molecule has 1 aliphatic heterocycles. The molecule has 0 N–H and O–H groups in total. The highest BCUT2D eigenvalue weighted by Gasteiger charge is 2.38. The smallest absolute Gasteiger partial charge is 0.165 e. The molecule has 268 valence electrons. The van der Waals surface area contributed by atoms with Crippen molar-refractivity contribution in [3.8, 4) is 52.0 Å². The summed E-state index contributed by atoms with van der Waals surface area (Å²) in [7, 11) is 0. The molecular weight excluding hydrogens is 699 g/mol. The summed E-state index contributed by atoms with van der Waals surface area (Å²) in [6.07, 6.45) is 0. The highest BCUT2D eigenvalue weighted by molar-refractivity contribution is 6.12. The van der Waals surface area contributed by atoms with E-state index in [0.29, 0.717) is 39.9 Å². The molecule has 57 heavy (non-hydrogen) atoms. The first-order valence-electron chi connectivity index (χ1n) is 18.8. The van der Waals surface area contributed by atoms with Gasteiger partial charge in [-0.05, 0) is 59.7 Å². The van der Waals surface area contributed by atoms with Crippen molar-refractivity contribution in [2.45, 2.75) is 19.3 Å². The van der Waals surface area contributed by atoms with E-state index in [1.807, 2.05) is 84.9 Å². The summed E-state index contributed by atoms with van der Waals surface area (Å²) >= 11 is 0. The summed E-state index contributed by atoms with van der Waals surface area (Å²) in [5.41, 5.74) is 10.7. The van der Waals surface area contributed by atoms with E-state index >= 15 is 0 Å². The van der Waals surface area contributed by atoms with Gasteiger partial charge in [0.2, 0.25) is 0 Å². The zero-order valence-electron chi connectivity index (χ0n) is 31.2. The molecule has 0 atom stereocenters. The number of rotatable bonds is 5. The minimum Gasteiger partial charge on any atom is -0.310 e. The van der Waals surface area contributed by atoms with Crippen molar-refractivity contribution >= 4 is 38.9 Å². The van der Waals surface area contributed by atoms with Crippen molar-refractivity contribution in [3.05, 3.63) is 186 Å². The Hall–Kier alpha value is -7.87. The molecule has 0 spiro atoms. The number of hydrogen-bond acceptors (Lipinski definition) is 6. The van der Waals surface area contributed by atoms with E-state index < -0.39 is 0 Å². The summed E-state index contributed by atoms with van der Waals surface area (Å²) in [4.78, 5) is 17.0. The Labute approximate surface area is 330 Å². The minimum absolute atomic E-state index is 0.319. The molecule has 0 saturated heterocycles. The molecule has 0 aliphatic carbocycles. The van der Waals surface area contributed by atoms with Crippen LogP contribution >= 0.6 is 0 Å². The molecule has 7 heteroatoms. The van der Waals surface area contributed by atoms with Crippen LogP contribution in [-0.4, -0.2) is 19.5 Å². The Balaban J connectivity index is 1.22. The van der Waals surface area contributed by atoms with Crippen LogP contribution in [0.25, 0.3) is 61.7 Å². The number of fused-ring (bicyclic) bond motifs is 5. The third kappa shape index (κ3) is 5.37. The summed E-state index contributed by atoms with van der Waals surface area (Å²) < 4.78 is 2.13. The molecule has 0 bridgehead atoms. The third-order valence-electron chi connectivity index (χ3n) is 11.1. The lowest BCUT2D eigenvalue weighted by molar-refractivity contribution is 0.632. The maximum Gasteiger partial charge on any atom is 0.165 e. The SMILES string of the molecule is CC1(C)c2ccccc2N(c2ccccc2)c2cc3c4ccccc4n(-c4cc(C#N)c(-c5nc(-c6ccccc6)nc(-c6ccccc6)n5)cc4C#N)c3cc21. The molecule has 2 aromatic heterocycles. The number of aromatic nitrogens is 4. The van der Waals surface area contributed by atoms with E-state index in [0.717, 1.165) is 55.6 Å². The van der Waals surface area contributed by atoms with Gasteiger partial charge in [0, 0.05) is 38.6 Å². The number of nitriles is 2. The lowest BCUT2D eigenvalue weighted by Crippen LogP contribution is -2.30. The highest BCUT2D eigenvalue weighted by atomic mass is 15.2. The van der Waals surface area contributed by atoms with Crippen LogP contribution in [0.3, 0.4) is 0 Å². The average Bonchev–Trinajstić information content (AvgIpc) is 3.59. The van der Waals surface area contributed by atoms with Crippen LogP contribution in [0.1, 0.15) is 36.1 Å². The maximum absolute atomic E-state index is 10.9. The van der Waals surface area contributed by atoms with Crippen LogP contribution in [-0.2, 0) is 5.41 Å². The van der Waals surface area contributed by atoms with Gasteiger partial charge in [-0.3, -0.25) is 0 Å². The van der Waals surface area contributed by atoms with Gasteiger partial charge in [0.25, 0.3) is 0 Å². The van der Waals surface area contributed by atoms with Crippen molar-refractivity contribution in [3.63, 3.8) is 0 Å². The Morgan fingerprint density at radius 1 is 0.474 bits per heavy atom. The zero-order valence-corrected chi connectivity index (χ0v) is 31.2. The standard InChI is InChI=1S/C50H33N7/c1-50(2)40-23-13-15-25-43(40)56(36-20-10-5-11-21-36)46-28-39-37-22-12-14-24-42(37)57(45(39)29-41(46)50)44-27-34(30-51)38(26-35(44)31-52)49-54-47(32-16-6-3-7-17-32)53-48(55-49)33-18-8-4-9-19-33/h3-29H,1-2H3.